The summed E-state index contributed by atoms with van der Waals surface area (Å²) in [5.41, 5.74) is 2.02. The van der Waals surface area contributed by atoms with Gasteiger partial charge in [0.05, 0.1) is 0 Å². The summed E-state index contributed by atoms with van der Waals surface area (Å²) in [5, 5.41) is 12.6. The minimum atomic E-state index is -1.08. The average molecular weight is 249 g/mol. The van der Waals surface area contributed by atoms with Crippen molar-refractivity contribution >= 4 is 34.9 Å². The molecule has 2 rings (SSSR count). The summed E-state index contributed by atoms with van der Waals surface area (Å²) in [6.45, 7) is 1.60. The topological polar surface area (TPSA) is 69.8 Å². The Bertz CT molecular complexity index is 377. The number of carbonyl (C=O) groups is 1. The summed E-state index contributed by atoms with van der Waals surface area (Å²) in [6, 6.07) is 0. The molecule has 0 unspecified atom stereocenters. The number of rotatable bonds is 2. The first-order valence-corrected chi connectivity index (χ1v) is 5.41. The first-order chi connectivity index (χ1) is 7.18. The standard InChI is InChI=1S/C8H10Cl2N4O/c9-6(10)8(15)12-7-4-3-11-2-1-5(4)13-14-7/h6,11H,1-3H2,(H2,12,13,14,15). The highest BCUT2D eigenvalue weighted by Gasteiger charge is 2.20. The number of nitrogens with one attached hydrogen (secondary N) is 3. The zero-order chi connectivity index (χ0) is 10.8. The van der Waals surface area contributed by atoms with Crippen molar-refractivity contribution in [2.45, 2.75) is 17.8 Å². The molecule has 1 aliphatic heterocycles. The number of alkyl halides is 2. The second-order valence-electron chi connectivity index (χ2n) is 3.25. The number of amides is 1. The molecule has 0 saturated heterocycles. The van der Waals surface area contributed by atoms with Gasteiger partial charge in [0.1, 0.15) is 0 Å². The van der Waals surface area contributed by atoms with Gasteiger partial charge in [0.2, 0.25) is 0 Å². The van der Waals surface area contributed by atoms with E-state index in [1.54, 1.807) is 0 Å². The van der Waals surface area contributed by atoms with Crippen molar-refractivity contribution in [2.75, 3.05) is 11.9 Å². The van der Waals surface area contributed by atoms with E-state index in [2.05, 4.69) is 20.8 Å². The fourth-order valence-corrected chi connectivity index (χ4v) is 1.61. The van der Waals surface area contributed by atoms with E-state index in [4.69, 9.17) is 23.2 Å². The number of hydrogen-bond donors (Lipinski definition) is 3. The van der Waals surface area contributed by atoms with Crippen molar-refractivity contribution in [1.82, 2.24) is 15.5 Å². The molecule has 0 atom stereocenters. The van der Waals surface area contributed by atoms with Crippen molar-refractivity contribution < 1.29 is 4.79 Å². The van der Waals surface area contributed by atoms with Crippen LogP contribution in [0.25, 0.3) is 0 Å². The Morgan fingerprint density at radius 1 is 1.53 bits per heavy atom. The number of carbonyl (C=O) groups excluding carboxylic acids is 1. The molecule has 7 heteroatoms. The number of anilines is 1. The lowest BCUT2D eigenvalue weighted by Gasteiger charge is -2.13. The molecule has 82 valence electrons. The third-order valence-electron chi connectivity index (χ3n) is 2.25. The smallest absolute Gasteiger partial charge is 0.258 e. The molecule has 1 aromatic heterocycles. The van der Waals surface area contributed by atoms with Gasteiger partial charge >= 0.3 is 0 Å². The van der Waals surface area contributed by atoms with Gasteiger partial charge in [0, 0.05) is 30.8 Å². The Balaban J connectivity index is 2.15. The van der Waals surface area contributed by atoms with E-state index in [0.717, 1.165) is 24.2 Å². The maximum atomic E-state index is 11.2. The molecule has 0 radical (unpaired) electrons. The van der Waals surface area contributed by atoms with Crippen molar-refractivity contribution in [3.05, 3.63) is 11.3 Å². The van der Waals surface area contributed by atoms with Gasteiger partial charge < -0.3 is 10.6 Å². The summed E-state index contributed by atoms with van der Waals surface area (Å²) in [5.74, 6) is 0.0479. The van der Waals surface area contributed by atoms with Crippen LogP contribution >= 0.6 is 23.2 Å². The monoisotopic (exact) mass is 248 g/mol. The van der Waals surface area contributed by atoms with E-state index < -0.39 is 10.7 Å². The number of hydrogen-bond acceptors (Lipinski definition) is 3. The predicted octanol–water partition coefficient (Wildman–Crippen LogP) is 0.798. The summed E-state index contributed by atoms with van der Waals surface area (Å²) < 4.78 is 0. The highest BCUT2D eigenvalue weighted by Crippen LogP contribution is 2.20. The van der Waals surface area contributed by atoms with E-state index in [0.29, 0.717) is 12.4 Å². The van der Waals surface area contributed by atoms with Crippen LogP contribution in [0.3, 0.4) is 0 Å². The van der Waals surface area contributed by atoms with Crippen LogP contribution in [0.5, 0.6) is 0 Å². The molecular weight excluding hydrogens is 239 g/mol. The quantitative estimate of drug-likeness (QED) is 0.679. The maximum Gasteiger partial charge on any atom is 0.258 e. The number of aromatic amines is 1. The third-order valence-corrected chi connectivity index (χ3v) is 2.64. The molecule has 2 heterocycles. The lowest BCUT2D eigenvalue weighted by Crippen LogP contribution is -2.25. The zero-order valence-electron chi connectivity index (χ0n) is 7.81. The lowest BCUT2D eigenvalue weighted by molar-refractivity contribution is -0.114. The normalized spacial score (nSPS) is 15.1. The molecule has 3 N–H and O–H groups in total. The number of aromatic nitrogens is 2. The van der Waals surface area contributed by atoms with E-state index >= 15 is 0 Å². The van der Waals surface area contributed by atoms with Crippen LogP contribution in [-0.2, 0) is 17.8 Å². The summed E-state index contributed by atoms with van der Waals surface area (Å²) in [6.07, 6.45) is 0.878. The fourth-order valence-electron chi connectivity index (χ4n) is 1.50. The number of fused-ring (bicyclic) bond motifs is 1. The third kappa shape index (κ3) is 2.25. The molecule has 0 fully saturated rings. The summed E-state index contributed by atoms with van der Waals surface area (Å²) in [4.78, 5) is 10.2. The van der Waals surface area contributed by atoms with E-state index in [9.17, 15) is 4.79 Å². The molecule has 1 amide bonds. The van der Waals surface area contributed by atoms with Gasteiger partial charge in [-0.3, -0.25) is 9.89 Å². The Morgan fingerprint density at radius 3 is 3.07 bits per heavy atom. The van der Waals surface area contributed by atoms with Gasteiger partial charge in [0.15, 0.2) is 10.7 Å². The highest BCUT2D eigenvalue weighted by molar-refractivity contribution is 6.54. The molecule has 1 aromatic rings. The second-order valence-corrected chi connectivity index (χ2v) is 4.34. The van der Waals surface area contributed by atoms with Gasteiger partial charge in [-0.2, -0.15) is 5.10 Å². The Kier molecular flexibility index (Phi) is 3.14. The Morgan fingerprint density at radius 2 is 2.33 bits per heavy atom. The summed E-state index contributed by atoms with van der Waals surface area (Å²) in [7, 11) is 0. The van der Waals surface area contributed by atoms with Gasteiger partial charge in [-0.1, -0.05) is 23.2 Å². The van der Waals surface area contributed by atoms with Crippen molar-refractivity contribution in [2.24, 2.45) is 0 Å². The molecule has 0 aliphatic carbocycles. The minimum Gasteiger partial charge on any atom is -0.312 e. The van der Waals surface area contributed by atoms with E-state index in [-0.39, 0.29) is 0 Å². The van der Waals surface area contributed by atoms with Crippen molar-refractivity contribution in [3.63, 3.8) is 0 Å². The summed E-state index contributed by atoms with van der Waals surface area (Å²) >= 11 is 10.9. The first-order valence-electron chi connectivity index (χ1n) is 4.54. The second kappa shape index (κ2) is 4.38. The van der Waals surface area contributed by atoms with Crippen LogP contribution in [0.1, 0.15) is 11.3 Å². The Hall–Kier alpha value is -0.780. The predicted molar refractivity (Wildman–Crippen MR) is 58.1 cm³/mol. The van der Waals surface area contributed by atoms with Crippen LogP contribution in [0.4, 0.5) is 5.82 Å². The number of nitrogens with zero attached hydrogens (tertiary/aromatic N) is 1. The molecule has 0 aromatic carbocycles. The Labute approximate surface area is 96.5 Å². The molecule has 0 spiro atoms. The highest BCUT2D eigenvalue weighted by atomic mass is 35.5. The largest absolute Gasteiger partial charge is 0.312 e. The van der Waals surface area contributed by atoms with Gasteiger partial charge in [-0.15, -0.1) is 0 Å². The van der Waals surface area contributed by atoms with Crippen LogP contribution in [0, 0.1) is 0 Å². The SMILES string of the molecule is O=C(Nc1n[nH]c2c1CNCC2)C(Cl)Cl. The van der Waals surface area contributed by atoms with Gasteiger partial charge in [-0.25, -0.2) is 0 Å². The zero-order valence-corrected chi connectivity index (χ0v) is 9.32. The number of H-pyrrole nitrogens is 1. The fraction of sp³-hybridized carbons (Fsp3) is 0.500. The number of halogens is 2. The molecule has 1 aliphatic rings. The molecule has 0 saturated carbocycles. The van der Waals surface area contributed by atoms with E-state index in [1.165, 1.54) is 0 Å². The first kappa shape index (κ1) is 10.7. The average Bonchev–Trinajstić information content (AvgIpc) is 2.62. The lowest BCUT2D eigenvalue weighted by atomic mass is 10.1. The van der Waals surface area contributed by atoms with Crippen LogP contribution in [-0.4, -0.2) is 27.5 Å². The molecule has 15 heavy (non-hydrogen) atoms. The molecule has 5 nitrogen and oxygen atoms in total. The van der Waals surface area contributed by atoms with Gasteiger partial charge in [0.25, 0.3) is 5.91 Å². The van der Waals surface area contributed by atoms with Crippen LogP contribution in [0.15, 0.2) is 0 Å². The maximum absolute atomic E-state index is 11.2. The van der Waals surface area contributed by atoms with Crippen molar-refractivity contribution in [3.8, 4) is 0 Å². The van der Waals surface area contributed by atoms with Crippen LogP contribution < -0.4 is 10.6 Å². The molecular formula is C8H10Cl2N4O. The van der Waals surface area contributed by atoms with E-state index in [1.807, 2.05) is 0 Å². The van der Waals surface area contributed by atoms with Crippen molar-refractivity contribution in [1.29, 1.82) is 0 Å². The molecule has 0 bridgehead atoms. The minimum absolute atomic E-state index is 0.460. The van der Waals surface area contributed by atoms with Gasteiger partial charge in [-0.05, 0) is 0 Å². The van der Waals surface area contributed by atoms with Crippen LogP contribution in [0.2, 0.25) is 0 Å².